The lowest BCUT2D eigenvalue weighted by Crippen LogP contribution is -2.17. The molecule has 0 bridgehead atoms. The number of carbonyl (C=O) groups excluding carboxylic acids is 3. The van der Waals surface area contributed by atoms with E-state index in [1.807, 2.05) is 24.3 Å². The molecule has 2 aromatic rings. The number of nitrogens with zero attached hydrogens (tertiary/aromatic N) is 1. The maximum Gasteiger partial charge on any atom is 0.357 e. The van der Waals surface area contributed by atoms with E-state index in [-0.39, 0.29) is 29.8 Å². The molecule has 0 saturated heterocycles. The smallest absolute Gasteiger partial charge is 0.357 e. The van der Waals surface area contributed by atoms with Crippen molar-refractivity contribution in [2.75, 3.05) is 17.7 Å². The summed E-state index contributed by atoms with van der Waals surface area (Å²) in [6, 6.07) is 7.47. The predicted octanol–water partition coefficient (Wildman–Crippen LogP) is 2.69. The van der Waals surface area contributed by atoms with Gasteiger partial charge in [-0.1, -0.05) is 18.2 Å². The molecule has 0 saturated carbocycles. The van der Waals surface area contributed by atoms with Gasteiger partial charge < -0.3 is 15.4 Å². The number of ether oxygens (including phenoxy) is 1. The molecule has 3 rings (SSSR count). The molecule has 1 aliphatic heterocycles. The fraction of sp³-hybridized carbons (Fsp3) is 0.294. The molecule has 0 aliphatic carbocycles. The van der Waals surface area contributed by atoms with Gasteiger partial charge in [0.25, 0.3) is 0 Å². The second-order valence-electron chi connectivity index (χ2n) is 5.63. The first-order chi connectivity index (χ1) is 12.0. The van der Waals surface area contributed by atoms with E-state index in [2.05, 4.69) is 20.4 Å². The Morgan fingerprint density at radius 1 is 1.36 bits per heavy atom. The Bertz CT molecular complexity index is 846. The Morgan fingerprint density at radius 2 is 2.12 bits per heavy atom. The van der Waals surface area contributed by atoms with Gasteiger partial charge in [-0.25, -0.2) is 9.78 Å². The van der Waals surface area contributed by atoms with E-state index in [4.69, 9.17) is 0 Å². The zero-order chi connectivity index (χ0) is 18.0. The van der Waals surface area contributed by atoms with Crippen LogP contribution in [0, 0.1) is 6.92 Å². The number of esters is 1. The lowest BCUT2D eigenvalue weighted by atomic mass is 9.95. The molecule has 0 spiro atoms. The Morgan fingerprint density at radius 3 is 2.88 bits per heavy atom. The van der Waals surface area contributed by atoms with Gasteiger partial charge in [0.2, 0.25) is 11.8 Å². The Balaban J connectivity index is 1.61. The molecule has 25 heavy (non-hydrogen) atoms. The van der Waals surface area contributed by atoms with Crippen LogP contribution in [0.3, 0.4) is 0 Å². The van der Waals surface area contributed by atoms with Crippen LogP contribution in [0.15, 0.2) is 24.3 Å². The lowest BCUT2D eigenvalue weighted by molar-refractivity contribution is -0.118. The third kappa shape index (κ3) is 3.53. The van der Waals surface area contributed by atoms with E-state index >= 15 is 0 Å². The molecule has 2 amide bonds. The van der Waals surface area contributed by atoms with Crippen LogP contribution in [0.4, 0.5) is 10.8 Å². The highest BCUT2D eigenvalue weighted by atomic mass is 32.1. The molecule has 7 nitrogen and oxygen atoms in total. The number of nitrogens with one attached hydrogen (secondary N) is 2. The number of para-hydroxylation sites is 1. The average Bonchev–Trinajstić information content (AvgIpc) is 3.11. The molecule has 2 N–H and O–H groups in total. The number of aromatic nitrogens is 1. The molecule has 2 heterocycles. The van der Waals surface area contributed by atoms with Gasteiger partial charge in [-0.2, -0.15) is 0 Å². The van der Waals surface area contributed by atoms with Gasteiger partial charge in [0.15, 0.2) is 10.8 Å². The van der Waals surface area contributed by atoms with Crippen molar-refractivity contribution in [2.24, 2.45) is 0 Å². The second kappa shape index (κ2) is 7.02. The molecule has 1 atom stereocenters. The summed E-state index contributed by atoms with van der Waals surface area (Å²) in [5.74, 6) is -1.20. The maximum absolute atomic E-state index is 12.2. The number of fused-ring (bicyclic) bond motifs is 1. The minimum absolute atomic E-state index is 0.0907. The molecule has 1 aromatic carbocycles. The number of thiazole rings is 1. The van der Waals surface area contributed by atoms with Crippen molar-refractivity contribution in [2.45, 2.75) is 25.7 Å². The normalized spacial score (nSPS) is 15.4. The first-order valence-electron chi connectivity index (χ1n) is 7.75. The number of methoxy groups -OCH3 is 1. The Labute approximate surface area is 148 Å². The highest BCUT2D eigenvalue weighted by Gasteiger charge is 2.30. The average molecular weight is 359 g/mol. The highest BCUT2D eigenvalue weighted by Crippen LogP contribution is 2.35. The quantitative estimate of drug-likeness (QED) is 0.800. The number of carbonyl (C=O) groups is 3. The fourth-order valence-electron chi connectivity index (χ4n) is 2.76. The molecule has 1 aliphatic rings. The summed E-state index contributed by atoms with van der Waals surface area (Å²) in [7, 11) is 1.28. The maximum atomic E-state index is 12.2. The van der Waals surface area contributed by atoms with Crippen molar-refractivity contribution < 1.29 is 19.1 Å². The molecule has 1 unspecified atom stereocenters. The van der Waals surface area contributed by atoms with Crippen molar-refractivity contribution in [3.05, 3.63) is 40.4 Å². The number of benzene rings is 1. The minimum Gasteiger partial charge on any atom is -0.464 e. The molecular weight excluding hydrogens is 342 g/mol. The summed E-state index contributed by atoms with van der Waals surface area (Å²) >= 11 is 1.21. The summed E-state index contributed by atoms with van der Waals surface area (Å²) in [6.45, 7) is 1.74. The van der Waals surface area contributed by atoms with Crippen LogP contribution in [0.1, 0.15) is 39.7 Å². The fourth-order valence-corrected chi connectivity index (χ4v) is 3.57. The molecular formula is C17H17N3O4S. The Kier molecular flexibility index (Phi) is 4.80. The first kappa shape index (κ1) is 17.1. The molecule has 1 aromatic heterocycles. The molecule has 130 valence electrons. The number of amides is 2. The molecule has 8 heteroatoms. The van der Waals surface area contributed by atoms with Crippen molar-refractivity contribution in [1.29, 1.82) is 0 Å². The molecule has 0 fully saturated rings. The largest absolute Gasteiger partial charge is 0.464 e. The van der Waals surface area contributed by atoms with Crippen LogP contribution in [0.2, 0.25) is 0 Å². The van der Waals surface area contributed by atoms with E-state index in [1.165, 1.54) is 18.4 Å². The van der Waals surface area contributed by atoms with Crippen LogP contribution >= 0.6 is 11.3 Å². The van der Waals surface area contributed by atoms with Gasteiger partial charge >= 0.3 is 5.97 Å². The summed E-state index contributed by atoms with van der Waals surface area (Å²) in [6.07, 6.45) is 0.585. The lowest BCUT2D eigenvalue weighted by Gasteiger charge is -2.08. The minimum atomic E-state index is -0.534. The van der Waals surface area contributed by atoms with Gasteiger partial charge in [-0.15, -0.1) is 11.3 Å². The predicted molar refractivity (Wildman–Crippen MR) is 93.9 cm³/mol. The van der Waals surface area contributed by atoms with Gasteiger partial charge in [-0.05, 0) is 25.0 Å². The monoisotopic (exact) mass is 359 g/mol. The zero-order valence-corrected chi connectivity index (χ0v) is 14.6. The van der Waals surface area contributed by atoms with Crippen LogP contribution in [0.5, 0.6) is 0 Å². The first-order valence-corrected chi connectivity index (χ1v) is 8.56. The summed E-state index contributed by atoms with van der Waals surface area (Å²) in [5.41, 5.74) is 1.92. The number of hydrogen-bond donors (Lipinski definition) is 2. The number of anilines is 2. The third-order valence-electron chi connectivity index (χ3n) is 3.99. The summed E-state index contributed by atoms with van der Waals surface area (Å²) in [4.78, 5) is 40.5. The van der Waals surface area contributed by atoms with Crippen LogP contribution in [-0.4, -0.2) is 29.9 Å². The topological polar surface area (TPSA) is 97.4 Å². The standard InChI is InChI=1S/C17H17N3O4S/c1-9-14(16(23)24-2)20-17(25-9)19-13(21)8-7-11-10-5-3-4-6-12(10)18-15(11)22/h3-6,11H,7-8H2,1-2H3,(H,18,22)(H,19,20,21). The van der Waals surface area contributed by atoms with E-state index < -0.39 is 5.97 Å². The summed E-state index contributed by atoms with van der Waals surface area (Å²) in [5, 5.41) is 5.84. The van der Waals surface area contributed by atoms with E-state index in [1.54, 1.807) is 6.92 Å². The van der Waals surface area contributed by atoms with Crippen LogP contribution in [0.25, 0.3) is 0 Å². The van der Waals surface area contributed by atoms with E-state index in [0.717, 1.165) is 11.3 Å². The van der Waals surface area contributed by atoms with Crippen molar-refractivity contribution in [3.8, 4) is 0 Å². The van der Waals surface area contributed by atoms with Crippen LogP contribution < -0.4 is 10.6 Å². The van der Waals surface area contributed by atoms with Crippen molar-refractivity contribution in [3.63, 3.8) is 0 Å². The molecule has 0 radical (unpaired) electrons. The van der Waals surface area contributed by atoms with E-state index in [0.29, 0.717) is 16.4 Å². The highest BCUT2D eigenvalue weighted by molar-refractivity contribution is 7.16. The zero-order valence-electron chi connectivity index (χ0n) is 13.8. The number of hydrogen-bond acceptors (Lipinski definition) is 6. The van der Waals surface area contributed by atoms with E-state index in [9.17, 15) is 14.4 Å². The number of rotatable bonds is 5. The van der Waals surface area contributed by atoms with Gasteiger partial charge in [0, 0.05) is 17.0 Å². The Hall–Kier alpha value is -2.74. The van der Waals surface area contributed by atoms with Gasteiger partial charge in [0.05, 0.1) is 13.0 Å². The number of aryl methyl sites for hydroxylation is 1. The second-order valence-corrected chi connectivity index (χ2v) is 6.83. The SMILES string of the molecule is COC(=O)c1nc(NC(=O)CCC2C(=O)Nc3ccccc32)sc1C. The van der Waals surface area contributed by atoms with Crippen LogP contribution in [-0.2, 0) is 14.3 Å². The summed E-state index contributed by atoms with van der Waals surface area (Å²) < 4.78 is 4.64. The van der Waals surface area contributed by atoms with Gasteiger partial charge in [-0.3, -0.25) is 9.59 Å². The third-order valence-corrected chi connectivity index (χ3v) is 4.88. The van der Waals surface area contributed by atoms with Gasteiger partial charge in [0.1, 0.15) is 0 Å². The van der Waals surface area contributed by atoms with Crippen molar-refractivity contribution >= 4 is 39.9 Å². The van der Waals surface area contributed by atoms with Crippen molar-refractivity contribution in [1.82, 2.24) is 4.98 Å².